The Labute approximate surface area is 106 Å². The van der Waals surface area contributed by atoms with E-state index in [1.807, 2.05) is 0 Å². The number of alkyl halides is 3. The fourth-order valence-corrected chi connectivity index (χ4v) is 1.49. The molecule has 0 unspecified atom stereocenters. The van der Waals surface area contributed by atoms with Crippen molar-refractivity contribution in [2.45, 2.75) is 19.5 Å². The normalized spacial score (nSPS) is 11.2. The van der Waals surface area contributed by atoms with Crippen LogP contribution in [0, 0.1) is 0 Å². The van der Waals surface area contributed by atoms with Crippen LogP contribution in [0.15, 0.2) is 18.2 Å². The second-order valence-corrected chi connectivity index (χ2v) is 4.09. The van der Waals surface area contributed by atoms with Crippen molar-refractivity contribution in [2.75, 3.05) is 5.32 Å². The standard InChI is InChI=1S/C11H9ClF3NO2/c1-6(17)2-10(18)16-9-4-7(11(13,14)15)3-8(12)5-9/h3-5H,2H2,1H3,(H,16,18). The highest BCUT2D eigenvalue weighted by molar-refractivity contribution is 6.31. The molecule has 1 N–H and O–H groups in total. The number of ketones is 1. The number of rotatable bonds is 3. The summed E-state index contributed by atoms with van der Waals surface area (Å²) in [6.07, 6.45) is -4.95. The van der Waals surface area contributed by atoms with Crippen molar-refractivity contribution >= 4 is 29.0 Å². The smallest absolute Gasteiger partial charge is 0.326 e. The predicted molar refractivity (Wildman–Crippen MR) is 60.4 cm³/mol. The van der Waals surface area contributed by atoms with Crippen molar-refractivity contribution in [1.29, 1.82) is 0 Å². The van der Waals surface area contributed by atoms with Crippen LogP contribution in [0.5, 0.6) is 0 Å². The molecule has 0 aliphatic carbocycles. The first-order valence-electron chi connectivity index (χ1n) is 4.85. The van der Waals surface area contributed by atoms with Gasteiger partial charge in [-0.1, -0.05) is 11.6 Å². The molecule has 0 spiro atoms. The quantitative estimate of drug-likeness (QED) is 0.863. The second kappa shape index (κ2) is 5.39. The lowest BCUT2D eigenvalue weighted by molar-refractivity contribution is -0.137. The first kappa shape index (κ1) is 14.5. The third-order valence-corrected chi connectivity index (χ3v) is 2.14. The van der Waals surface area contributed by atoms with Gasteiger partial charge in [-0.05, 0) is 25.1 Å². The Bertz CT molecular complexity index is 486. The van der Waals surface area contributed by atoms with Crippen molar-refractivity contribution in [3.63, 3.8) is 0 Å². The van der Waals surface area contributed by atoms with E-state index in [9.17, 15) is 22.8 Å². The summed E-state index contributed by atoms with van der Waals surface area (Å²) >= 11 is 5.53. The van der Waals surface area contributed by atoms with Crippen LogP contribution in [0.1, 0.15) is 18.9 Å². The fourth-order valence-electron chi connectivity index (χ4n) is 1.26. The number of carbonyl (C=O) groups excluding carboxylic acids is 2. The average molecular weight is 280 g/mol. The Morgan fingerprint density at radius 3 is 2.39 bits per heavy atom. The summed E-state index contributed by atoms with van der Waals surface area (Å²) < 4.78 is 37.4. The number of hydrogen-bond donors (Lipinski definition) is 1. The van der Waals surface area contributed by atoms with Gasteiger partial charge < -0.3 is 5.32 Å². The summed E-state index contributed by atoms with van der Waals surface area (Å²) in [5, 5.41) is 2.03. The summed E-state index contributed by atoms with van der Waals surface area (Å²) in [5.74, 6) is -1.07. The Hall–Kier alpha value is -1.56. The molecular weight excluding hydrogens is 271 g/mol. The van der Waals surface area contributed by atoms with Crippen LogP contribution in [-0.2, 0) is 15.8 Å². The highest BCUT2D eigenvalue weighted by Gasteiger charge is 2.31. The average Bonchev–Trinajstić information content (AvgIpc) is 2.13. The zero-order valence-corrected chi connectivity index (χ0v) is 10.0. The van der Waals surface area contributed by atoms with Crippen molar-refractivity contribution in [3.05, 3.63) is 28.8 Å². The molecule has 1 aromatic carbocycles. The number of Topliss-reactive ketones (excluding diaryl/α,β-unsaturated/α-hetero) is 1. The van der Waals surface area contributed by atoms with Gasteiger partial charge in [0, 0.05) is 10.7 Å². The van der Waals surface area contributed by atoms with Gasteiger partial charge in [-0.3, -0.25) is 9.59 Å². The lowest BCUT2D eigenvalue weighted by Gasteiger charge is -2.10. The van der Waals surface area contributed by atoms with Gasteiger partial charge in [0.15, 0.2) is 0 Å². The number of nitrogens with one attached hydrogen (secondary N) is 1. The number of halogens is 4. The molecule has 1 aromatic rings. The summed E-state index contributed by atoms with van der Waals surface area (Å²) in [6, 6.07) is 2.68. The SMILES string of the molecule is CC(=O)CC(=O)Nc1cc(Cl)cc(C(F)(F)F)c1. The van der Waals surface area contributed by atoms with Gasteiger partial charge >= 0.3 is 6.18 Å². The number of amides is 1. The largest absolute Gasteiger partial charge is 0.416 e. The third kappa shape index (κ3) is 4.37. The minimum atomic E-state index is -4.55. The van der Waals surface area contributed by atoms with E-state index >= 15 is 0 Å². The van der Waals surface area contributed by atoms with Crippen LogP contribution in [0.4, 0.5) is 18.9 Å². The maximum absolute atomic E-state index is 12.5. The molecule has 0 atom stereocenters. The van der Waals surface area contributed by atoms with Gasteiger partial charge in [0.25, 0.3) is 0 Å². The molecule has 0 bridgehead atoms. The molecule has 0 radical (unpaired) electrons. The Morgan fingerprint density at radius 2 is 1.89 bits per heavy atom. The molecule has 18 heavy (non-hydrogen) atoms. The minimum absolute atomic E-state index is 0.0962. The predicted octanol–water partition coefficient (Wildman–Crippen LogP) is 3.28. The highest BCUT2D eigenvalue weighted by Crippen LogP contribution is 2.33. The molecule has 0 heterocycles. The zero-order chi connectivity index (χ0) is 13.9. The fraction of sp³-hybridized carbons (Fsp3) is 0.273. The number of benzene rings is 1. The van der Waals surface area contributed by atoms with Crippen LogP contribution >= 0.6 is 11.6 Å². The Kier molecular flexibility index (Phi) is 4.34. The summed E-state index contributed by atoms with van der Waals surface area (Å²) in [7, 11) is 0. The molecule has 0 aromatic heterocycles. The minimum Gasteiger partial charge on any atom is -0.326 e. The maximum atomic E-state index is 12.5. The van der Waals surface area contributed by atoms with Gasteiger partial charge in [0.1, 0.15) is 5.78 Å². The molecule has 0 saturated heterocycles. The van der Waals surface area contributed by atoms with Crippen LogP contribution in [0.3, 0.4) is 0 Å². The lowest BCUT2D eigenvalue weighted by atomic mass is 10.2. The molecule has 1 amide bonds. The first-order chi connectivity index (χ1) is 8.18. The molecule has 98 valence electrons. The molecule has 7 heteroatoms. The monoisotopic (exact) mass is 279 g/mol. The first-order valence-corrected chi connectivity index (χ1v) is 5.23. The van der Waals surface area contributed by atoms with Crippen molar-refractivity contribution in [1.82, 2.24) is 0 Å². The second-order valence-electron chi connectivity index (χ2n) is 3.65. The van der Waals surface area contributed by atoms with E-state index in [0.29, 0.717) is 0 Å². The van der Waals surface area contributed by atoms with Gasteiger partial charge in [-0.25, -0.2) is 0 Å². The summed E-state index contributed by atoms with van der Waals surface area (Å²) in [5.41, 5.74) is -1.06. The van der Waals surface area contributed by atoms with E-state index in [4.69, 9.17) is 11.6 Å². The van der Waals surface area contributed by atoms with E-state index in [1.165, 1.54) is 13.0 Å². The maximum Gasteiger partial charge on any atom is 0.416 e. The van der Waals surface area contributed by atoms with Crippen LogP contribution in [0.2, 0.25) is 5.02 Å². The van der Waals surface area contributed by atoms with E-state index in [0.717, 1.165) is 12.1 Å². The molecule has 1 rings (SSSR count). The lowest BCUT2D eigenvalue weighted by Crippen LogP contribution is -2.15. The van der Waals surface area contributed by atoms with Crippen molar-refractivity contribution in [3.8, 4) is 0 Å². The van der Waals surface area contributed by atoms with E-state index in [-0.39, 0.29) is 16.5 Å². The Balaban J connectivity index is 2.94. The van der Waals surface area contributed by atoms with Crippen molar-refractivity contribution in [2.24, 2.45) is 0 Å². The third-order valence-electron chi connectivity index (χ3n) is 1.92. The molecule has 0 aliphatic rings. The van der Waals surface area contributed by atoms with Crippen LogP contribution in [0.25, 0.3) is 0 Å². The van der Waals surface area contributed by atoms with Gasteiger partial charge in [0.2, 0.25) is 5.91 Å². The van der Waals surface area contributed by atoms with E-state index < -0.39 is 24.1 Å². The summed E-state index contributed by atoms with van der Waals surface area (Å²) in [6.45, 7) is 1.21. The molecular formula is C11H9ClF3NO2. The Morgan fingerprint density at radius 1 is 1.28 bits per heavy atom. The van der Waals surface area contributed by atoms with Crippen molar-refractivity contribution < 1.29 is 22.8 Å². The highest BCUT2D eigenvalue weighted by atomic mass is 35.5. The molecule has 3 nitrogen and oxygen atoms in total. The molecule has 0 fully saturated rings. The number of carbonyl (C=O) groups is 2. The number of hydrogen-bond acceptors (Lipinski definition) is 2. The van der Waals surface area contributed by atoms with E-state index in [1.54, 1.807) is 0 Å². The zero-order valence-electron chi connectivity index (χ0n) is 9.27. The summed E-state index contributed by atoms with van der Waals surface area (Å²) in [4.78, 5) is 21.9. The van der Waals surface area contributed by atoms with Gasteiger partial charge in [-0.15, -0.1) is 0 Å². The van der Waals surface area contributed by atoms with Gasteiger partial charge in [-0.2, -0.15) is 13.2 Å². The van der Waals surface area contributed by atoms with E-state index in [2.05, 4.69) is 5.32 Å². The van der Waals surface area contributed by atoms with Crippen LogP contribution < -0.4 is 5.32 Å². The van der Waals surface area contributed by atoms with Crippen LogP contribution in [-0.4, -0.2) is 11.7 Å². The molecule has 0 aliphatic heterocycles. The van der Waals surface area contributed by atoms with Gasteiger partial charge in [0.05, 0.1) is 12.0 Å². The number of anilines is 1. The molecule has 0 saturated carbocycles. The topological polar surface area (TPSA) is 46.2 Å².